The second-order valence-corrected chi connectivity index (χ2v) is 9.29. The van der Waals surface area contributed by atoms with Gasteiger partial charge in [0.05, 0.1) is 5.52 Å². The number of ether oxygens (including phenoxy) is 2. The summed E-state index contributed by atoms with van der Waals surface area (Å²) < 4.78 is 14.5. The minimum absolute atomic E-state index is 0.0301. The smallest absolute Gasteiger partial charge is 0.333 e. The molecule has 3 atom stereocenters. The highest BCUT2D eigenvalue weighted by molar-refractivity contribution is 5.88. The van der Waals surface area contributed by atoms with Gasteiger partial charge in [-0.2, -0.15) is 0 Å². The van der Waals surface area contributed by atoms with Gasteiger partial charge in [0.15, 0.2) is 0 Å². The zero-order chi connectivity index (χ0) is 23.4. The fraction of sp³-hybridized carbons (Fsp3) is 0.414. The predicted octanol–water partition coefficient (Wildman–Crippen LogP) is 7.16. The van der Waals surface area contributed by atoms with Gasteiger partial charge in [0.25, 0.3) is 0 Å². The molecular weight excluding hydrogens is 410 g/mol. The van der Waals surface area contributed by atoms with Crippen molar-refractivity contribution in [1.29, 1.82) is 0 Å². The van der Waals surface area contributed by atoms with Crippen LogP contribution in [0.3, 0.4) is 0 Å². The zero-order valence-electron chi connectivity index (χ0n) is 20.0. The molecule has 1 saturated carbocycles. The van der Waals surface area contributed by atoms with E-state index in [0.717, 1.165) is 31.6 Å². The van der Waals surface area contributed by atoms with E-state index >= 15 is 0 Å². The van der Waals surface area contributed by atoms with Gasteiger partial charge in [-0.3, -0.25) is 0 Å². The summed E-state index contributed by atoms with van der Waals surface area (Å²) in [6.45, 7) is 10.7. The topological polar surface area (TPSA) is 40.5 Å². The van der Waals surface area contributed by atoms with E-state index in [2.05, 4.69) is 79.6 Å². The lowest BCUT2D eigenvalue weighted by Gasteiger charge is -2.22. The number of fused-ring (bicyclic) bond motifs is 1. The molecule has 0 amide bonds. The Labute approximate surface area is 197 Å². The van der Waals surface area contributed by atoms with E-state index in [0.29, 0.717) is 5.57 Å². The Bertz CT molecular complexity index is 1110. The molecule has 2 aromatic carbocycles. The molecule has 33 heavy (non-hydrogen) atoms. The van der Waals surface area contributed by atoms with E-state index < -0.39 is 0 Å². The third-order valence-electron chi connectivity index (χ3n) is 6.73. The number of hydrogen-bond donors (Lipinski definition) is 0. The van der Waals surface area contributed by atoms with E-state index in [1.165, 1.54) is 35.0 Å². The molecule has 174 valence electrons. The van der Waals surface area contributed by atoms with Crippen molar-refractivity contribution in [2.75, 3.05) is 0 Å². The van der Waals surface area contributed by atoms with Crippen molar-refractivity contribution in [3.05, 3.63) is 66.7 Å². The van der Waals surface area contributed by atoms with E-state index in [1.807, 2.05) is 0 Å². The SMILES string of the molecule is C=C(C)C(=O)OC1CCC(Oc2ccc3cc(-c4ccccc4)n(CCCCC)c3c2)C1C. The van der Waals surface area contributed by atoms with Gasteiger partial charge in [-0.15, -0.1) is 0 Å². The van der Waals surface area contributed by atoms with Gasteiger partial charge < -0.3 is 14.0 Å². The highest BCUT2D eigenvalue weighted by atomic mass is 16.5. The molecule has 4 rings (SSSR count). The molecule has 0 radical (unpaired) electrons. The van der Waals surface area contributed by atoms with Crippen LogP contribution in [0.25, 0.3) is 22.2 Å². The van der Waals surface area contributed by atoms with Crippen LogP contribution in [0, 0.1) is 5.92 Å². The molecule has 0 aliphatic heterocycles. The van der Waals surface area contributed by atoms with Crippen LogP contribution in [0.1, 0.15) is 52.9 Å². The molecule has 1 aromatic heterocycles. The summed E-state index contributed by atoms with van der Waals surface area (Å²) in [6, 6.07) is 19.3. The van der Waals surface area contributed by atoms with Crippen molar-refractivity contribution in [3.63, 3.8) is 0 Å². The monoisotopic (exact) mass is 445 g/mol. The van der Waals surface area contributed by atoms with Crippen molar-refractivity contribution < 1.29 is 14.3 Å². The highest BCUT2D eigenvalue weighted by Crippen LogP contribution is 2.35. The van der Waals surface area contributed by atoms with Crippen LogP contribution >= 0.6 is 0 Å². The number of rotatable bonds is 9. The van der Waals surface area contributed by atoms with Crippen LogP contribution in [-0.2, 0) is 16.1 Å². The van der Waals surface area contributed by atoms with Gasteiger partial charge in [-0.25, -0.2) is 4.79 Å². The van der Waals surface area contributed by atoms with E-state index in [9.17, 15) is 4.79 Å². The number of nitrogens with zero attached hydrogens (tertiary/aromatic N) is 1. The normalized spacial score (nSPS) is 20.2. The lowest BCUT2D eigenvalue weighted by atomic mass is 10.1. The molecule has 1 aliphatic carbocycles. The van der Waals surface area contributed by atoms with Crippen molar-refractivity contribution >= 4 is 16.9 Å². The average molecular weight is 446 g/mol. The summed E-state index contributed by atoms with van der Waals surface area (Å²) in [5, 5.41) is 1.23. The largest absolute Gasteiger partial charge is 0.490 e. The number of benzene rings is 2. The second kappa shape index (κ2) is 10.3. The molecule has 4 heteroatoms. The minimum Gasteiger partial charge on any atom is -0.490 e. The van der Waals surface area contributed by atoms with E-state index in [4.69, 9.17) is 9.47 Å². The Morgan fingerprint density at radius 2 is 1.82 bits per heavy atom. The van der Waals surface area contributed by atoms with Gasteiger partial charge in [-0.05, 0) is 49.9 Å². The number of hydrogen-bond acceptors (Lipinski definition) is 3. The molecule has 3 aromatic rings. The lowest BCUT2D eigenvalue weighted by Crippen LogP contribution is -2.28. The lowest BCUT2D eigenvalue weighted by molar-refractivity contribution is -0.146. The number of aromatic nitrogens is 1. The Balaban J connectivity index is 1.58. The molecule has 1 fully saturated rings. The number of carbonyl (C=O) groups excluding carboxylic acids is 1. The number of unbranched alkanes of at least 4 members (excludes halogenated alkanes) is 2. The minimum atomic E-state index is -0.313. The van der Waals surface area contributed by atoms with Crippen molar-refractivity contribution in [2.24, 2.45) is 5.92 Å². The Kier molecular flexibility index (Phi) is 7.22. The first kappa shape index (κ1) is 23.2. The zero-order valence-corrected chi connectivity index (χ0v) is 20.0. The maximum Gasteiger partial charge on any atom is 0.333 e. The van der Waals surface area contributed by atoms with Crippen LogP contribution in [0.2, 0.25) is 0 Å². The molecule has 4 nitrogen and oxygen atoms in total. The van der Waals surface area contributed by atoms with E-state index in [1.54, 1.807) is 6.92 Å². The maximum absolute atomic E-state index is 12.0. The van der Waals surface area contributed by atoms with E-state index in [-0.39, 0.29) is 24.1 Å². The molecule has 0 spiro atoms. The van der Waals surface area contributed by atoms with Crippen LogP contribution in [0.5, 0.6) is 5.75 Å². The Morgan fingerprint density at radius 1 is 1.06 bits per heavy atom. The van der Waals surface area contributed by atoms with Gasteiger partial charge in [0, 0.05) is 35.2 Å². The van der Waals surface area contributed by atoms with Crippen LogP contribution in [0.4, 0.5) is 0 Å². The van der Waals surface area contributed by atoms with Crippen molar-refractivity contribution in [1.82, 2.24) is 4.57 Å². The standard InChI is InChI=1S/C29H35NO3/c1-5-6-10-17-30-25(22-11-8-7-9-12-22)18-23-13-14-24(19-26(23)30)32-27-15-16-28(21(27)4)33-29(31)20(2)3/h7-9,11-14,18-19,21,27-28H,2,5-6,10,15-17H2,1,3-4H3. The quantitative estimate of drug-likeness (QED) is 0.199. The summed E-state index contributed by atoms with van der Waals surface area (Å²) in [4.78, 5) is 12.0. The second-order valence-electron chi connectivity index (χ2n) is 9.29. The molecule has 0 N–H and O–H groups in total. The summed E-state index contributed by atoms with van der Waals surface area (Å²) in [7, 11) is 0. The first-order valence-corrected chi connectivity index (χ1v) is 12.2. The van der Waals surface area contributed by atoms with Crippen molar-refractivity contribution in [3.8, 4) is 17.0 Å². The molecule has 0 saturated heterocycles. The molecule has 1 heterocycles. The molecular formula is C29H35NO3. The third-order valence-corrected chi connectivity index (χ3v) is 6.73. The summed E-state index contributed by atoms with van der Waals surface area (Å²) in [5.41, 5.74) is 4.13. The third kappa shape index (κ3) is 5.16. The highest BCUT2D eigenvalue weighted by Gasteiger charge is 2.37. The maximum atomic E-state index is 12.0. The predicted molar refractivity (Wildman–Crippen MR) is 134 cm³/mol. The summed E-state index contributed by atoms with van der Waals surface area (Å²) in [6.07, 6.45) is 5.17. The first-order valence-electron chi connectivity index (χ1n) is 12.2. The van der Waals surface area contributed by atoms with Crippen molar-refractivity contribution in [2.45, 2.75) is 71.6 Å². The number of aryl methyl sites for hydroxylation is 1. The van der Waals surface area contributed by atoms with Gasteiger partial charge in [0.1, 0.15) is 18.0 Å². The van der Waals surface area contributed by atoms with Gasteiger partial charge >= 0.3 is 5.97 Å². The van der Waals surface area contributed by atoms with Gasteiger partial charge in [0.2, 0.25) is 0 Å². The fourth-order valence-corrected chi connectivity index (χ4v) is 4.76. The number of carbonyl (C=O) groups is 1. The molecule has 3 unspecified atom stereocenters. The summed E-state index contributed by atoms with van der Waals surface area (Å²) >= 11 is 0. The van der Waals surface area contributed by atoms with Crippen LogP contribution in [-0.4, -0.2) is 22.7 Å². The van der Waals surface area contributed by atoms with Gasteiger partial charge in [-0.1, -0.05) is 63.6 Å². The first-order chi connectivity index (χ1) is 16.0. The van der Waals surface area contributed by atoms with Crippen LogP contribution in [0.15, 0.2) is 66.7 Å². The fourth-order valence-electron chi connectivity index (χ4n) is 4.76. The Morgan fingerprint density at radius 3 is 2.55 bits per heavy atom. The number of esters is 1. The van der Waals surface area contributed by atoms with Crippen LogP contribution < -0.4 is 4.74 Å². The average Bonchev–Trinajstić information content (AvgIpc) is 3.35. The Hall–Kier alpha value is -3.01. The summed E-state index contributed by atoms with van der Waals surface area (Å²) in [5.74, 6) is 0.702. The molecule has 1 aliphatic rings. The molecule has 0 bridgehead atoms.